The van der Waals surface area contributed by atoms with Gasteiger partial charge >= 0.3 is 0 Å². The van der Waals surface area contributed by atoms with Crippen LogP contribution in [0.3, 0.4) is 0 Å². The van der Waals surface area contributed by atoms with Gasteiger partial charge in [-0.05, 0) is 74.8 Å². The molecule has 0 radical (unpaired) electrons. The topological polar surface area (TPSA) is 3.24 Å². The zero-order valence-corrected chi connectivity index (χ0v) is 21.5. The van der Waals surface area contributed by atoms with Crippen molar-refractivity contribution in [2.24, 2.45) is 0 Å². The molecule has 182 valence electrons. The Balaban J connectivity index is 1.48. The molecule has 0 unspecified atom stereocenters. The van der Waals surface area contributed by atoms with Gasteiger partial charge in [0.05, 0.1) is 0 Å². The monoisotopic (exact) mass is 487 g/mol. The van der Waals surface area contributed by atoms with Crippen LogP contribution >= 0.6 is 0 Å². The molecule has 0 amide bonds. The zero-order valence-electron chi connectivity index (χ0n) is 21.5. The molecule has 0 aliphatic heterocycles. The largest absolute Gasteiger partial charge is 0.345 e. The van der Waals surface area contributed by atoms with Gasteiger partial charge in [-0.15, -0.1) is 0 Å². The van der Waals surface area contributed by atoms with Crippen LogP contribution in [0.5, 0.6) is 0 Å². The molecule has 1 heteroatoms. The maximum atomic E-state index is 2.31. The van der Waals surface area contributed by atoms with E-state index in [2.05, 4.69) is 170 Å². The molecule has 6 aromatic carbocycles. The summed E-state index contributed by atoms with van der Waals surface area (Å²) in [5.74, 6) is 0. The Morgan fingerprint density at radius 1 is 0.316 bits per heavy atom. The molecule has 0 fully saturated rings. The fraction of sp³-hybridized carbons (Fsp3) is 0.0270. The van der Waals surface area contributed by atoms with Crippen LogP contribution in [0.1, 0.15) is 0 Å². The van der Waals surface area contributed by atoms with Crippen LogP contribution in [0.15, 0.2) is 158 Å². The number of nitrogens with zero attached hydrogens (tertiary/aromatic N) is 1. The molecule has 0 spiro atoms. The van der Waals surface area contributed by atoms with Crippen molar-refractivity contribution in [1.29, 1.82) is 0 Å². The average Bonchev–Trinajstić information content (AvgIpc) is 3.02. The van der Waals surface area contributed by atoms with Gasteiger partial charge in [-0.2, -0.15) is 0 Å². The average molecular weight is 488 g/mol. The molecule has 1 nitrogen and oxygen atoms in total. The van der Waals surface area contributed by atoms with Crippen molar-refractivity contribution in [3.05, 3.63) is 158 Å². The molecule has 0 atom stereocenters. The summed E-state index contributed by atoms with van der Waals surface area (Å²) in [6, 6.07) is 56.2. The summed E-state index contributed by atoms with van der Waals surface area (Å²) in [6.45, 7) is 0. The summed E-state index contributed by atoms with van der Waals surface area (Å²) in [5.41, 5.74) is 12.0. The van der Waals surface area contributed by atoms with Crippen molar-refractivity contribution in [2.75, 3.05) is 11.9 Å². The number of benzene rings is 6. The Labute approximate surface area is 225 Å². The number of hydrogen-bond acceptors (Lipinski definition) is 1. The fourth-order valence-corrected chi connectivity index (χ4v) is 5.02. The summed E-state index contributed by atoms with van der Waals surface area (Å²) in [7, 11) is 2.16. The Bertz CT molecular complexity index is 1580. The summed E-state index contributed by atoms with van der Waals surface area (Å²) in [6.07, 6.45) is 0. The van der Waals surface area contributed by atoms with E-state index in [-0.39, 0.29) is 0 Å². The second kappa shape index (κ2) is 10.6. The highest BCUT2D eigenvalue weighted by Gasteiger charge is 2.14. The van der Waals surface area contributed by atoms with Crippen LogP contribution in [-0.4, -0.2) is 7.05 Å². The van der Waals surface area contributed by atoms with Crippen LogP contribution < -0.4 is 4.90 Å². The van der Waals surface area contributed by atoms with Crippen molar-refractivity contribution < 1.29 is 0 Å². The van der Waals surface area contributed by atoms with Gasteiger partial charge in [0.2, 0.25) is 0 Å². The molecular formula is C37H29N. The van der Waals surface area contributed by atoms with E-state index >= 15 is 0 Å². The van der Waals surface area contributed by atoms with E-state index in [1.54, 1.807) is 0 Å². The van der Waals surface area contributed by atoms with Crippen LogP contribution in [0.25, 0.3) is 44.5 Å². The van der Waals surface area contributed by atoms with Gasteiger partial charge in [0.25, 0.3) is 0 Å². The van der Waals surface area contributed by atoms with Gasteiger partial charge in [-0.25, -0.2) is 0 Å². The molecule has 0 saturated heterocycles. The lowest BCUT2D eigenvalue weighted by Crippen LogP contribution is -2.10. The Kier molecular flexibility index (Phi) is 6.57. The highest BCUT2D eigenvalue weighted by Crippen LogP contribution is 2.38. The molecule has 6 rings (SSSR count). The lowest BCUT2D eigenvalue weighted by Gasteiger charge is -2.24. The van der Waals surface area contributed by atoms with Gasteiger partial charge in [0.1, 0.15) is 0 Å². The molecule has 0 bridgehead atoms. The number of hydrogen-bond donors (Lipinski definition) is 0. The second-order valence-electron chi connectivity index (χ2n) is 9.52. The predicted molar refractivity (Wildman–Crippen MR) is 163 cm³/mol. The van der Waals surface area contributed by atoms with Crippen LogP contribution in [0.2, 0.25) is 0 Å². The van der Waals surface area contributed by atoms with E-state index < -0.39 is 0 Å². The number of anilines is 2. The molecule has 0 aromatic heterocycles. The Morgan fingerprint density at radius 3 is 1.21 bits per heavy atom. The quantitative estimate of drug-likeness (QED) is 0.226. The third kappa shape index (κ3) is 4.87. The van der Waals surface area contributed by atoms with E-state index in [0.717, 1.165) is 11.4 Å². The van der Waals surface area contributed by atoms with Crippen molar-refractivity contribution in [3.8, 4) is 44.5 Å². The summed E-state index contributed by atoms with van der Waals surface area (Å²) in [5, 5.41) is 0. The van der Waals surface area contributed by atoms with E-state index in [9.17, 15) is 0 Å². The highest BCUT2D eigenvalue weighted by atomic mass is 15.1. The summed E-state index contributed by atoms with van der Waals surface area (Å²) in [4.78, 5) is 2.29. The lowest BCUT2D eigenvalue weighted by molar-refractivity contribution is 1.21. The standard InChI is InChI=1S/C37H29N/c1-38(34-22-23-36(30-18-10-4-11-19-30)37(27-34)31-20-12-5-13-21-31)35-25-32(28-14-6-2-7-15-28)24-33(26-35)29-16-8-3-9-17-29/h2-27H,1H3. The predicted octanol–water partition coefficient (Wildman–Crippen LogP) is 10.1. The molecule has 0 heterocycles. The zero-order chi connectivity index (χ0) is 25.7. The first-order valence-electron chi connectivity index (χ1n) is 13.0. The van der Waals surface area contributed by atoms with Crippen LogP contribution in [0.4, 0.5) is 11.4 Å². The van der Waals surface area contributed by atoms with Crippen LogP contribution in [0, 0.1) is 0 Å². The first kappa shape index (κ1) is 23.5. The van der Waals surface area contributed by atoms with Gasteiger partial charge in [-0.3, -0.25) is 0 Å². The first-order valence-corrected chi connectivity index (χ1v) is 13.0. The van der Waals surface area contributed by atoms with Gasteiger partial charge < -0.3 is 4.90 Å². The van der Waals surface area contributed by atoms with Crippen LogP contribution in [-0.2, 0) is 0 Å². The minimum Gasteiger partial charge on any atom is -0.345 e. The molecule has 6 aromatic rings. The van der Waals surface area contributed by atoms with E-state index in [4.69, 9.17) is 0 Å². The minimum absolute atomic E-state index is 1.15. The van der Waals surface area contributed by atoms with Crippen molar-refractivity contribution >= 4 is 11.4 Å². The van der Waals surface area contributed by atoms with Gasteiger partial charge in [0.15, 0.2) is 0 Å². The van der Waals surface area contributed by atoms with Gasteiger partial charge in [-0.1, -0.05) is 127 Å². The molecule has 38 heavy (non-hydrogen) atoms. The number of rotatable bonds is 6. The molecule has 0 aliphatic carbocycles. The molecular weight excluding hydrogens is 458 g/mol. The summed E-state index contributed by atoms with van der Waals surface area (Å²) < 4.78 is 0. The third-order valence-electron chi connectivity index (χ3n) is 7.08. The maximum absolute atomic E-state index is 2.31. The van der Waals surface area contributed by atoms with E-state index in [0.29, 0.717) is 0 Å². The minimum atomic E-state index is 1.15. The third-order valence-corrected chi connectivity index (χ3v) is 7.08. The molecule has 0 aliphatic rings. The van der Waals surface area contributed by atoms with Crippen molar-refractivity contribution in [2.45, 2.75) is 0 Å². The van der Waals surface area contributed by atoms with Crippen molar-refractivity contribution in [3.63, 3.8) is 0 Å². The maximum Gasteiger partial charge on any atom is 0.0420 e. The molecule has 0 N–H and O–H groups in total. The Morgan fingerprint density at radius 2 is 0.737 bits per heavy atom. The van der Waals surface area contributed by atoms with Crippen molar-refractivity contribution in [1.82, 2.24) is 0 Å². The van der Waals surface area contributed by atoms with E-state index in [1.807, 2.05) is 0 Å². The van der Waals surface area contributed by atoms with Gasteiger partial charge in [0, 0.05) is 18.4 Å². The fourth-order valence-electron chi connectivity index (χ4n) is 5.02. The highest BCUT2D eigenvalue weighted by molar-refractivity contribution is 5.87. The molecule has 0 saturated carbocycles. The normalized spacial score (nSPS) is 10.8. The Hall–Kier alpha value is -4.88. The first-order chi connectivity index (χ1) is 18.8. The van der Waals surface area contributed by atoms with E-state index in [1.165, 1.54) is 44.5 Å². The smallest absolute Gasteiger partial charge is 0.0420 e. The SMILES string of the molecule is CN(c1cc(-c2ccccc2)cc(-c2ccccc2)c1)c1ccc(-c2ccccc2)c(-c2ccccc2)c1. The summed E-state index contributed by atoms with van der Waals surface area (Å²) >= 11 is 0. The second-order valence-corrected chi connectivity index (χ2v) is 9.52. The lowest BCUT2D eigenvalue weighted by atomic mass is 9.93.